The highest BCUT2D eigenvalue weighted by atomic mass is 16.4. The van der Waals surface area contributed by atoms with E-state index < -0.39 is 12.1 Å². The zero-order chi connectivity index (χ0) is 13.8. The monoisotopic (exact) mass is 264 g/mol. The molecule has 6 heteroatoms. The van der Waals surface area contributed by atoms with Gasteiger partial charge in [0.25, 0.3) is 0 Å². The van der Waals surface area contributed by atoms with Crippen LogP contribution in [-0.4, -0.2) is 46.3 Å². The van der Waals surface area contributed by atoms with Gasteiger partial charge < -0.3 is 20.4 Å². The van der Waals surface area contributed by atoms with Crippen LogP contribution in [0, 0.1) is 0 Å². The average molecular weight is 264 g/mol. The predicted octanol–water partition coefficient (Wildman–Crippen LogP) is 0.912. The van der Waals surface area contributed by atoms with E-state index in [9.17, 15) is 14.7 Å². The number of amides is 2. The Labute approximate surface area is 110 Å². The minimum absolute atomic E-state index is 0.0772. The number of anilines is 1. The Morgan fingerprint density at radius 3 is 2.84 bits per heavy atom. The van der Waals surface area contributed by atoms with Gasteiger partial charge in [0, 0.05) is 18.8 Å². The topological polar surface area (TPSA) is 89.9 Å². The maximum atomic E-state index is 11.9. The zero-order valence-corrected chi connectivity index (χ0v) is 10.4. The first-order valence-corrected chi connectivity index (χ1v) is 6.09. The van der Waals surface area contributed by atoms with Crippen molar-refractivity contribution in [1.29, 1.82) is 0 Å². The normalized spacial score (nSPS) is 18.4. The standard InChI is InChI=1S/C13H16N2O4/c16-11-4-5-15(8-11)13(19)14-10-3-1-2-9(6-10)7-12(17)18/h1-3,6,11,16H,4-5,7-8H2,(H,14,19)(H,17,18). The number of benzene rings is 1. The van der Waals surface area contributed by atoms with E-state index in [1.807, 2.05) is 0 Å². The van der Waals surface area contributed by atoms with Gasteiger partial charge in [-0.3, -0.25) is 4.79 Å². The van der Waals surface area contributed by atoms with Crippen molar-refractivity contribution in [1.82, 2.24) is 4.90 Å². The van der Waals surface area contributed by atoms with Crippen LogP contribution in [0.15, 0.2) is 24.3 Å². The number of aliphatic hydroxyl groups excluding tert-OH is 1. The molecule has 1 fully saturated rings. The lowest BCUT2D eigenvalue weighted by Gasteiger charge is -2.16. The number of urea groups is 1. The van der Waals surface area contributed by atoms with E-state index in [0.717, 1.165) is 0 Å². The average Bonchev–Trinajstić information content (AvgIpc) is 2.75. The van der Waals surface area contributed by atoms with E-state index in [4.69, 9.17) is 5.11 Å². The molecule has 0 saturated carbocycles. The molecule has 2 rings (SSSR count). The van der Waals surface area contributed by atoms with Crippen molar-refractivity contribution in [3.05, 3.63) is 29.8 Å². The number of carboxylic acid groups (broad SMARTS) is 1. The number of rotatable bonds is 3. The highest BCUT2D eigenvalue weighted by Crippen LogP contribution is 2.14. The summed E-state index contributed by atoms with van der Waals surface area (Å²) >= 11 is 0. The summed E-state index contributed by atoms with van der Waals surface area (Å²) in [5.74, 6) is -0.911. The third kappa shape index (κ3) is 3.69. The van der Waals surface area contributed by atoms with Crippen LogP contribution < -0.4 is 5.32 Å². The SMILES string of the molecule is O=C(O)Cc1cccc(NC(=O)N2CCC(O)C2)c1. The Hall–Kier alpha value is -2.08. The first-order valence-electron chi connectivity index (χ1n) is 6.09. The molecule has 0 aliphatic carbocycles. The summed E-state index contributed by atoms with van der Waals surface area (Å²) in [6, 6.07) is 6.47. The number of carbonyl (C=O) groups excluding carboxylic acids is 1. The van der Waals surface area contributed by atoms with E-state index in [0.29, 0.717) is 30.8 Å². The predicted molar refractivity (Wildman–Crippen MR) is 69.0 cm³/mol. The second-order valence-corrected chi connectivity index (χ2v) is 4.59. The van der Waals surface area contributed by atoms with Crippen LogP contribution in [0.4, 0.5) is 10.5 Å². The molecule has 1 heterocycles. The van der Waals surface area contributed by atoms with Crippen molar-refractivity contribution in [2.24, 2.45) is 0 Å². The van der Waals surface area contributed by atoms with Gasteiger partial charge in [0.15, 0.2) is 0 Å². The highest BCUT2D eigenvalue weighted by Gasteiger charge is 2.24. The van der Waals surface area contributed by atoms with Crippen LogP contribution in [0.2, 0.25) is 0 Å². The van der Waals surface area contributed by atoms with Gasteiger partial charge >= 0.3 is 12.0 Å². The molecule has 0 radical (unpaired) electrons. The molecule has 0 spiro atoms. The van der Waals surface area contributed by atoms with Gasteiger partial charge in [0.2, 0.25) is 0 Å². The minimum Gasteiger partial charge on any atom is -0.481 e. The number of hydrogen-bond donors (Lipinski definition) is 3. The quantitative estimate of drug-likeness (QED) is 0.757. The summed E-state index contributed by atoms with van der Waals surface area (Å²) in [7, 11) is 0. The van der Waals surface area contributed by atoms with Crippen molar-refractivity contribution in [3.8, 4) is 0 Å². The molecule has 1 atom stereocenters. The van der Waals surface area contributed by atoms with Crippen molar-refractivity contribution >= 4 is 17.7 Å². The van der Waals surface area contributed by atoms with E-state index in [1.165, 1.54) is 4.90 Å². The van der Waals surface area contributed by atoms with Crippen LogP contribution >= 0.6 is 0 Å². The number of carbonyl (C=O) groups is 2. The maximum absolute atomic E-state index is 11.9. The third-order valence-corrected chi connectivity index (χ3v) is 2.98. The molecule has 1 aliphatic heterocycles. The summed E-state index contributed by atoms with van der Waals surface area (Å²) in [6.45, 7) is 0.864. The number of carboxylic acids is 1. The summed E-state index contributed by atoms with van der Waals surface area (Å²) in [5, 5.41) is 20.8. The Morgan fingerprint density at radius 1 is 1.42 bits per heavy atom. The number of aliphatic carboxylic acids is 1. The van der Waals surface area contributed by atoms with Gasteiger partial charge in [-0.15, -0.1) is 0 Å². The van der Waals surface area contributed by atoms with Gasteiger partial charge in [-0.2, -0.15) is 0 Å². The summed E-state index contributed by atoms with van der Waals surface area (Å²) in [5.41, 5.74) is 1.19. The van der Waals surface area contributed by atoms with E-state index in [1.54, 1.807) is 24.3 Å². The lowest BCUT2D eigenvalue weighted by molar-refractivity contribution is -0.136. The number of β-amino-alcohol motifs (C(OH)–C–C–N with tert-alkyl or cyclic N) is 1. The van der Waals surface area contributed by atoms with Gasteiger partial charge in [0.1, 0.15) is 0 Å². The number of nitrogens with zero attached hydrogens (tertiary/aromatic N) is 1. The Morgan fingerprint density at radius 2 is 2.21 bits per heavy atom. The smallest absolute Gasteiger partial charge is 0.321 e. The molecule has 2 amide bonds. The largest absolute Gasteiger partial charge is 0.481 e. The molecule has 0 bridgehead atoms. The molecule has 1 saturated heterocycles. The number of likely N-dealkylation sites (tertiary alicyclic amines) is 1. The molecular formula is C13H16N2O4. The summed E-state index contributed by atoms with van der Waals surface area (Å²) < 4.78 is 0. The van der Waals surface area contributed by atoms with Crippen molar-refractivity contribution in [3.63, 3.8) is 0 Å². The van der Waals surface area contributed by atoms with E-state index in [-0.39, 0.29) is 12.5 Å². The minimum atomic E-state index is -0.911. The lowest BCUT2D eigenvalue weighted by Crippen LogP contribution is -2.33. The number of hydrogen-bond acceptors (Lipinski definition) is 3. The van der Waals surface area contributed by atoms with Crippen LogP contribution in [-0.2, 0) is 11.2 Å². The fraction of sp³-hybridized carbons (Fsp3) is 0.385. The van der Waals surface area contributed by atoms with Crippen molar-refractivity contribution in [2.75, 3.05) is 18.4 Å². The van der Waals surface area contributed by atoms with Gasteiger partial charge in [-0.05, 0) is 24.1 Å². The van der Waals surface area contributed by atoms with E-state index >= 15 is 0 Å². The van der Waals surface area contributed by atoms with E-state index in [2.05, 4.69) is 5.32 Å². The van der Waals surface area contributed by atoms with Gasteiger partial charge in [0.05, 0.1) is 12.5 Å². The third-order valence-electron chi connectivity index (χ3n) is 2.98. The zero-order valence-electron chi connectivity index (χ0n) is 10.4. The molecule has 0 aromatic heterocycles. The van der Waals surface area contributed by atoms with Crippen molar-refractivity contribution < 1.29 is 19.8 Å². The summed E-state index contributed by atoms with van der Waals surface area (Å²) in [6.07, 6.45) is 0.0580. The second kappa shape index (κ2) is 5.71. The fourth-order valence-corrected chi connectivity index (χ4v) is 2.06. The second-order valence-electron chi connectivity index (χ2n) is 4.59. The summed E-state index contributed by atoms with van der Waals surface area (Å²) in [4.78, 5) is 24.0. The molecule has 1 aromatic carbocycles. The fourth-order valence-electron chi connectivity index (χ4n) is 2.06. The highest BCUT2D eigenvalue weighted by molar-refractivity contribution is 5.89. The van der Waals surface area contributed by atoms with Gasteiger partial charge in [-0.1, -0.05) is 12.1 Å². The molecule has 1 unspecified atom stereocenters. The van der Waals surface area contributed by atoms with Crippen LogP contribution in [0.25, 0.3) is 0 Å². The Kier molecular flexibility index (Phi) is 4.01. The van der Waals surface area contributed by atoms with Crippen LogP contribution in [0.3, 0.4) is 0 Å². The Bertz CT molecular complexity index is 489. The molecule has 6 nitrogen and oxygen atoms in total. The van der Waals surface area contributed by atoms with Crippen molar-refractivity contribution in [2.45, 2.75) is 18.9 Å². The first kappa shape index (κ1) is 13.4. The molecule has 19 heavy (non-hydrogen) atoms. The number of nitrogens with one attached hydrogen (secondary N) is 1. The van der Waals surface area contributed by atoms with Gasteiger partial charge in [-0.25, -0.2) is 4.79 Å². The number of aliphatic hydroxyl groups is 1. The molecule has 1 aliphatic rings. The Balaban J connectivity index is 1.98. The molecular weight excluding hydrogens is 248 g/mol. The molecule has 102 valence electrons. The van der Waals surface area contributed by atoms with Crippen LogP contribution in [0.1, 0.15) is 12.0 Å². The molecule has 3 N–H and O–H groups in total. The lowest BCUT2D eigenvalue weighted by atomic mass is 10.1. The van der Waals surface area contributed by atoms with Crippen LogP contribution in [0.5, 0.6) is 0 Å². The maximum Gasteiger partial charge on any atom is 0.321 e. The first-order chi connectivity index (χ1) is 9.04. The molecule has 1 aromatic rings.